The molecule has 3 aromatic rings. The molecule has 2 aromatic heterocycles. The van der Waals surface area contributed by atoms with Gasteiger partial charge in [-0.15, -0.1) is 0 Å². The number of hydrogen-bond donors (Lipinski definition) is 2. The van der Waals surface area contributed by atoms with Gasteiger partial charge in [0.25, 0.3) is 5.56 Å². The smallest absolute Gasteiger partial charge is 0.394 e. The number of aliphatic hydroxyl groups excluding tert-OH is 1. The van der Waals surface area contributed by atoms with Crippen molar-refractivity contribution in [3.63, 3.8) is 0 Å². The Morgan fingerprint density at radius 3 is 2.70 bits per heavy atom. The summed E-state index contributed by atoms with van der Waals surface area (Å²) in [6, 6.07) is 7.73. The van der Waals surface area contributed by atoms with Crippen molar-refractivity contribution in [3.05, 3.63) is 52.1 Å². The van der Waals surface area contributed by atoms with Crippen molar-refractivity contribution in [1.82, 2.24) is 19.9 Å². The number of aromatic nitrogens is 3. The van der Waals surface area contributed by atoms with Gasteiger partial charge in [-0.3, -0.25) is 14.2 Å². The molecule has 0 bridgehead atoms. The first-order valence-electron chi connectivity index (χ1n) is 10.4. The number of carbonyl (C=O) groups is 1. The average Bonchev–Trinajstić information content (AvgIpc) is 3.44. The maximum absolute atomic E-state index is 13.6. The van der Waals surface area contributed by atoms with E-state index in [4.69, 9.17) is 0 Å². The summed E-state index contributed by atoms with van der Waals surface area (Å²) in [6.45, 7) is 1.47. The van der Waals surface area contributed by atoms with Crippen molar-refractivity contribution in [2.45, 2.75) is 44.6 Å². The zero-order valence-corrected chi connectivity index (χ0v) is 18.5. The number of carbonyl (C=O) groups excluding carboxylic acids is 1. The molecule has 8 nitrogen and oxygen atoms in total. The Bertz CT molecular complexity index is 1210. The van der Waals surface area contributed by atoms with E-state index in [9.17, 15) is 27.9 Å². The third kappa shape index (κ3) is 4.58. The fourth-order valence-electron chi connectivity index (χ4n) is 3.86. The van der Waals surface area contributed by atoms with Crippen LogP contribution in [0.2, 0.25) is 0 Å². The van der Waals surface area contributed by atoms with Crippen LogP contribution in [0.4, 0.5) is 18.3 Å². The number of halogens is 3. The number of nitrogens with one attached hydrogen (secondary N) is 1. The second-order valence-corrected chi connectivity index (χ2v) is 8.80. The van der Waals surface area contributed by atoms with Crippen LogP contribution in [-0.2, 0) is 17.5 Å². The van der Waals surface area contributed by atoms with Crippen LogP contribution in [0, 0.1) is 0 Å². The number of aliphatic hydroxyl groups is 1. The molecule has 33 heavy (non-hydrogen) atoms. The minimum absolute atomic E-state index is 0.154. The molecule has 1 aromatic carbocycles. The number of fused-ring (bicyclic) bond motifs is 1. The van der Waals surface area contributed by atoms with Gasteiger partial charge in [0.2, 0.25) is 11.7 Å². The van der Waals surface area contributed by atoms with Gasteiger partial charge in [-0.1, -0.05) is 41.7 Å². The quantitative estimate of drug-likeness (QED) is 0.562. The Morgan fingerprint density at radius 2 is 2.03 bits per heavy atom. The van der Waals surface area contributed by atoms with Crippen molar-refractivity contribution < 1.29 is 23.1 Å². The first-order chi connectivity index (χ1) is 15.7. The average molecular weight is 482 g/mol. The molecule has 1 amide bonds. The summed E-state index contributed by atoms with van der Waals surface area (Å²) < 4.78 is 41.1. The molecule has 1 aliphatic heterocycles. The van der Waals surface area contributed by atoms with Crippen molar-refractivity contribution in [2.24, 2.45) is 0 Å². The zero-order valence-electron chi connectivity index (χ0n) is 17.7. The molecule has 0 radical (unpaired) electrons. The van der Waals surface area contributed by atoms with Gasteiger partial charge < -0.3 is 15.3 Å². The minimum atomic E-state index is -4.88. The summed E-state index contributed by atoms with van der Waals surface area (Å²) >= 11 is 0.850. The molecule has 2 unspecified atom stereocenters. The molecule has 1 aliphatic rings. The maximum atomic E-state index is 13.6. The lowest BCUT2D eigenvalue weighted by molar-refractivity contribution is -0.148. The predicted octanol–water partition coefficient (Wildman–Crippen LogP) is 2.71. The number of anilines is 1. The summed E-state index contributed by atoms with van der Waals surface area (Å²) in [6.07, 6.45) is -3.62. The third-order valence-electron chi connectivity index (χ3n) is 5.52. The summed E-state index contributed by atoms with van der Waals surface area (Å²) in [4.78, 5) is 35.2. The Hall–Kier alpha value is -2.99. The van der Waals surface area contributed by atoms with Crippen LogP contribution in [0.15, 0.2) is 35.1 Å². The summed E-state index contributed by atoms with van der Waals surface area (Å²) in [5.41, 5.74) is -0.239. The van der Waals surface area contributed by atoms with Crippen LogP contribution in [0.3, 0.4) is 0 Å². The van der Waals surface area contributed by atoms with E-state index in [-0.39, 0.29) is 21.4 Å². The molecule has 176 valence electrons. The molecule has 1 fully saturated rings. The largest absolute Gasteiger partial charge is 0.449 e. The number of thiazole rings is 1. The molecule has 0 aliphatic carbocycles. The lowest BCUT2D eigenvalue weighted by Gasteiger charge is -2.23. The highest BCUT2D eigenvalue weighted by atomic mass is 32.1. The fourth-order valence-corrected chi connectivity index (χ4v) is 4.87. The van der Waals surface area contributed by atoms with Gasteiger partial charge in [0.15, 0.2) is 15.5 Å². The highest BCUT2D eigenvalue weighted by molar-refractivity contribution is 7.21. The highest BCUT2D eigenvalue weighted by Crippen LogP contribution is 2.35. The molecule has 0 saturated carbocycles. The second kappa shape index (κ2) is 9.10. The molecule has 2 atom stereocenters. The van der Waals surface area contributed by atoms with E-state index >= 15 is 0 Å². The molecule has 1 saturated heterocycles. The van der Waals surface area contributed by atoms with Crippen LogP contribution in [0.5, 0.6) is 0 Å². The van der Waals surface area contributed by atoms with E-state index in [0.717, 1.165) is 16.9 Å². The summed E-state index contributed by atoms with van der Waals surface area (Å²) in [5, 5.41) is 12.5. The van der Waals surface area contributed by atoms with Gasteiger partial charge in [0.05, 0.1) is 12.6 Å². The van der Waals surface area contributed by atoms with Gasteiger partial charge in [-0.05, 0) is 25.3 Å². The van der Waals surface area contributed by atoms with E-state index < -0.39 is 36.3 Å². The number of benzene rings is 1. The lowest BCUT2D eigenvalue weighted by atomic mass is 10.2. The molecule has 4 rings (SSSR count). The van der Waals surface area contributed by atoms with Gasteiger partial charge >= 0.3 is 6.18 Å². The summed E-state index contributed by atoms with van der Waals surface area (Å²) in [5.74, 6) is -1.60. The van der Waals surface area contributed by atoms with Gasteiger partial charge in [0, 0.05) is 13.1 Å². The van der Waals surface area contributed by atoms with Gasteiger partial charge in [-0.2, -0.15) is 13.2 Å². The van der Waals surface area contributed by atoms with Gasteiger partial charge in [0.1, 0.15) is 6.04 Å². The van der Waals surface area contributed by atoms with E-state index in [2.05, 4.69) is 15.3 Å². The van der Waals surface area contributed by atoms with Crippen LogP contribution >= 0.6 is 11.3 Å². The molecule has 3 heterocycles. The monoisotopic (exact) mass is 481 g/mol. The summed E-state index contributed by atoms with van der Waals surface area (Å²) in [7, 11) is 0. The highest BCUT2D eigenvalue weighted by Gasteiger charge is 2.40. The van der Waals surface area contributed by atoms with Crippen molar-refractivity contribution in [1.29, 1.82) is 0 Å². The van der Waals surface area contributed by atoms with Gasteiger partial charge in [-0.25, -0.2) is 9.97 Å². The molecular formula is C21H22F3N5O3S. The SMILES string of the molecule is CC(CO)n1c(C(F)(F)F)nc2sc(N3CCCC3C(=O)NCc3ccccc3)nc2c1=O. The first kappa shape index (κ1) is 23.2. The fraction of sp³-hybridized carbons (Fsp3) is 0.429. The first-order valence-corrected chi connectivity index (χ1v) is 11.2. The Kier molecular flexibility index (Phi) is 6.39. The number of alkyl halides is 3. The van der Waals surface area contributed by atoms with Crippen LogP contribution in [0.25, 0.3) is 10.3 Å². The number of rotatable bonds is 6. The Labute approximate surface area is 190 Å². The molecular weight excluding hydrogens is 459 g/mol. The number of amides is 1. The Balaban J connectivity index is 1.65. The maximum Gasteiger partial charge on any atom is 0.449 e. The Morgan fingerprint density at radius 1 is 1.30 bits per heavy atom. The standard InChI is InChI=1S/C21H22F3N5O3S/c1-12(11-30)29-18(32)15-17(27-19(29)21(22,23)24)33-20(26-15)28-9-5-8-14(28)16(31)25-10-13-6-3-2-4-7-13/h2-4,6-7,12,14,30H,5,8-11H2,1H3,(H,25,31). The molecule has 0 spiro atoms. The van der Waals surface area contributed by atoms with Crippen molar-refractivity contribution >= 4 is 32.7 Å². The predicted molar refractivity (Wildman–Crippen MR) is 117 cm³/mol. The van der Waals surface area contributed by atoms with Crippen molar-refractivity contribution in [3.8, 4) is 0 Å². The second-order valence-electron chi connectivity index (χ2n) is 7.84. The van der Waals surface area contributed by atoms with Crippen molar-refractivity contribution in [2.75, 3.05) is 18.1 Å². The van der Waals surface area contributed by atoms with Crippen LogP contribution < -0.4 is 15.8 Å². The third-order valence-corrected chi connectivity index (χ3v) is 6.51. The molecule has 12 heteroatoms. The topological polar surface area (TPSA) is 100 Å². The zero-order chi connectivity index (χ0) is 23.8. The number of hydrogen-bond acceptors (Lipinski definition) is 7. The van der Waals surface area contributed by atoms with E-state index in [1.165, 1.54) is 6.92 Å². The minimum Gasteiger partial charge on any atom is -0.394 e. The van der Waals surface area contributed by atoms with Crippen LogP contribution in [-0.4, -0.2) is 44.7 Å². The van der Waals surface area contributed by atoms with E-state index in [0.29, 0.717) is 30.5 Å². The van der Waals surface area contributed by atoms with E-state index in [1.54, 1.807) is 4.90 Å². The number of nitrogens with zero attached hydrogens (tertiary/aromatic N) is 4. The van der Waals surface area contributed by atoms with E-state index in [1.807, 2.05) is 30.3 Å². The molecule has 2 N–H and O–H groups in total. The normalized spacial score (nSPS) is 17.5. The van der Waals surface area contributed by atoms with Crippen LogP contribution in [0.1, 0.15) is 37.2 Å². The lowest BCUT2D eigenvalue weighted by Crippen LogP contribution is -2.43.